The van der Waals surface area contributed by atoms with Gasteiger partial charge in [-0.05, 0) is 41.8 Å². The van der Waals surface area contributed by atoms with Gasteiger partial charge in [0.05, 0.1) is 19.8 Å². The topological polar surface area (TPSA) is 60.0 Å². The number of rotatable bonds is 10. The summed E-state index contributed by atoms with van der Waals surface area (Å²) in [7, 11) is 0. The van der Waals surface area contributed by atoms with E-state index in [-0.39, 0.29) is 17.4 Å². The summed E-state index contributed by atoms with van der Waals surface area (Å²) in [6.45, 7) is 3.85. The minimum absolute atomic E-state index is 0.0412. The molecule has 1 heterocycles. The molecular formula is C24H28F2N2O4. The summed E-state index contributed by atoms with van der Waals surface area (Å²) in [5.41, 5.74) is 2.87. The molecule has 0 spiro atoms. The van der Waals surface area contributed by atoms with Crippen LogP contribution in [0.1, 0.15) is 23.6 Å². The van der Waals surface area contributed by atoms with Crippen molar-refractivity contribution in [1.82, 2.24) is 10.2 Å². The molecule has 0 radical (unpaired) electrons. The monoisotopic (exact) mass is 446 g/mol. The molecule has 1 fully saturated rings. The van der Waals surface area contributed by atoms with E-state index in [0.717, 1.165) is 38.4 Å². The highest BCUT2D eigenvalue weighted by atomic mass is 19.3. The Morgan fingerprint density at radius 3 is 2.53 bits per heavy atom. The van der Waals surface area contributed by atoms with Crippen molar-refractivity contribution in [1.29, 1.82) is 0 Å². The van der Waals surface area contributed by atoms with E-state index in [9.17, 15) is 13.6 Å². The average Bonchev–Trinajstić information content (AvgIpc) is 2.79. The third-order valence-electron chi connectivity index (χ3n) is 4.91. The molecule has 1 N–H and O–H groups in total. The largest absolute Gasteiger partial charge is 0.490 e. The summed E-state index contributed by atoms with van der Waals surface area (Å²) in [6.07, 6.45) is 2.99. The van der Waals surface area contributed by atoms with E-state index < -0.39 is 6.61 Å². The molecule has 0 bridgehead atoms. The molecule has 1 amide bonds. The van der Waals surface area contributed by atoms with E-state index >= 15 is 0 Å². The second kappa shape index (κ2) is 12.2. The van der Waals surface area contributed by atoms with Crippen molar-refractivity contribution in [3.8, 4) is 11.5 Å². The highest BCUT2D eigenvalue weighted by Crippen LogP contribution is 2.30. The fourth-order valence-corrected chi connectivity index (χ4v) is 3.29. The molecule has 0 atom stereocenters. The molecule has 1 aliphatic heterocycles. The molecule has 0 aromatic heterocycles. The lowest BCUT2D eigenvalue weighted by molar-refractivity contribution is -0.116. The Bertz CT molecular complexity index is 897. The first-order chi connectivity index (χ1) is 15.5. The van der Waals surface area contributed by atoms with Crippen molar-refractivity contribution in [2.24, 2.45) is 0 Å². The molecule has 172 valence electrons. The van der Waals surface area contributed by atoms with Gasteiger partial charge in [-0.2, -0.15) is 8.78 Å². The molecule has 6 nitrogen and oxygen atoms in total. The average molecular weight is 446 g/mol. The van der Waals surface area contributed by atoms with Crippen LogP contribution in [-0.2, 0) is 22.6 Å². The molecule has 1 aliphatic rings. The number of nitrogens with one attached hydrogen (secondary N) is 1. The molecule has 0 unspecified atom stereocenters. The number of ether oxygens (including phenoxy) is 3. The molecule has 2 aromatic carbocycles. The van der Waals surface area contributed by atoms with Crippen LogP contribution in [0.2, 0.25) is 0 Å². The van der Waals surface area contributed by atoms with Crippen molar-refractivity contribution >= 4 is 12.0 Å². The van der Waals surface area contributed by atoms with Gasteiger partial charge in [0.25, 0.3) is 0 Å². The van der Waals surface area contributed by atoms with Crippen molar-refractivity contribution in [2.45, 2.75) is 26.6 Å². The molecule has 1 saturated heterocycles. The number of carbonyl (C=O) groups excluding carboxylic acids is 1. The Morgan fingerprint density at radius 2 is 1.84 bits per heavy atom. The highest BCUT2D eigenvalue weighted by molar-refractivity contribution is 5.91. The molecule has 8 heteroatoms. The molecule has 32 heavy (non-hydrogen) atoms. The van der Waals surface area contributed by atoms with Crippen LogP contribution in [0.15, 0.2) is 48.5 Å². The standard InChI is InChI=1S/C24H28F2N2O4/c1-2-31-22-15-18(7-9-21(22)32-24(25)26)8-10-23(29)27-16-19-3-5-20(6-4-19)17-28-11-13-30-14-12-28/h3-10,15,24H,2,11-14,16-17H2,1H3,(H,27,29)/b10-8+. The van der Waals surface area contributed by atoms with Gasteiger partial charge in [-0.1, -0.05) is 30.3 Å². The summed E-state index contributed by atoms with van der Waals surface area (Å²) >= 11 is 0. The zero-order chi connectivity index (χ0) is 22.8. The number of halogens is 2. The third-order valence-corrected chi connectivity index (χ3v) is 4.91. The predicted molar refractivity (Wildman–Crippen MR) is 118 cm³/mol. The lowest BCUT2D eigenvalue weighted by Gasteiger charge is -2.26. The van der Waals surface area contributed by atoms with Crippen LogP contribution in [0.25, 0.3) is 6.08 Å². The predicted octanol–water partition coefficient (Wildman–Crippen LogP) is 3.85. The van der Waals surface area contributed by atoms with Crippen LogP contribution in [0.3, 0.4) is 0 Å². The normalized spacial score (nSPS) is 14.6. The van der Waals surface area contributed by atoms with Crippen LogP contribution < -0.4 is 14.8 Å². The molecular weight excluding hydrogens is 418 g/mol. The fraction of sp³-hybridized carbons (Fsp3) is 0.375. The van der Waals surface area contributed by atoms with Gasteiger partial charge in [0.15, 0.2) is 11.5 Å². The smallest absolute Gasteiger partial charge is 0.387 e. The summed E-state index contributed by atoms with van der Waals surface area (Å²) in [6, 6.07) is 12.7. The molecule has 0 saturated carbocycles. The summed E-state index contributed by atoms with van der Waals surface area (Å²) in [5, 5.41) is 2.84. The number of hydrogen-bond donors (Lipinski definition) is 1. The summed E-state index contributed by atoms with van der Waals surface area (Å²) in [4.78, 5) is 14.5. The second-order valence-electron chi connectivity index (χ2n) is 7.27. The van der Waals surface area contributed by atoms with E-state index in [2.05, 4.69) is 27.1 Å². The minimum Gasteiger partial charge on any atom is -0.490 e. The van der Waals surface area contributed by atoms with E-state index in [4.69, 9.17) is 9.47 Å². The number of amides is 1. The van der Waals surface area contributed by atoms with E-state index in [0.29, 0.717) is 18.7 Å². The Labute approximate surface area is 186 Å². The van der Waals surface area contributed by atoms with E-state index in [1.54, 1.807) is 25.1 Å². The van der Waals surface area contributed by atoms with Gasteiger partial charge in [0.1, 0.15) is 0 Å². The van der Waals surface area contributed by atoms with Gasteiger partial charge in [-0.3, -0.25) is 9.69 Å². The zero-order valence-electron chi connectivity index (χ0n) is 18.1. The first kappa shape index (κ1) is 23.7. The van der Waals surface area contributed by atoms with Crippen molar-refractivity contribution in [3.63, 3.8) is 0 Å². The van der Waals surface area contributed by atoms with Crippen LogP contribution in [-0.4, -0.2) is 50.3 Å². The number of benzene rings is 2. The van der Waals surface area contributed by atoms with Crippen LogP contribution in [0.4, 0.5) is 8.78 Å². The number of morpholine rings is 1. The molecule has 2 aromatic rings. The van der Waals surface area contributed by atoms with Gasteiger partial charge in [0, 0.05) is 32.3 Å². The summed E-state index contributed by atoms with van der Waals surface area (Å²) in [5.74, 6) is -0.0960. The fourth-order valence-electron chi connectivity index (χ4n) is 3.29. The first-order valence-corrected chi connectivity index (χ1v) is 10.6. The number of nitrogens with zero attached hydrogens (tertiary/aromatic N) is 1. The molecule has 0 aliphatic carbocycles. The van der Waals surface area contributed by atoms with Crippen LogP contribution >= 0.6 is 0 Å². The first-order valence-electron chi connectivity index (χ1n) is 10.6. The van der Waals surface area contributed by atoms with Gasteiger partial charge in [-0.25, -0.2) is 0 Å². The van der Waals surface area contributed by atoms with Crippen LogP contribution in [0, 0.1) is 0 Å². The van der Waals surface area contributed by atoms with Gasteiger partial charge < -0.3 is 19.5 Å². The maximum absolute atomic E-state index is 12.5. The van der Waals surface area contributed by atoms with Gasteiger partial charge in [-0.15, -0.1) is 0 Å². The number of carbonyl (C=O) groups is 1. The Kier molecular flexibility index (Phi) is 9.01. The maximum Gasteiger partial charge on any atom is 0.387 e. The zero-order valence-corrected chi connectivity index (χ0v) is 18.1. The van der Waals surface area contributed by atoms with Gasteiger partial charge >= 0.3 is 6.61 Å². The Hall–Kier alpha value is -2.97. The Morgan fingerprint density at radius 1 is 1.12 bits per heavy atom. The lowest BCUT2D eigenvalue weighted by Crippen LogP contribution is -2.35. The Balaban J connectivity index is 1.50. The van der Waals surface area contributed by atoms with Gasteiger partial charge in [0.2, 0.25) is 5.91 Å². The van der Waals surface area contributed by atoms with Crippen molar-refractivity contribution in [3.05, 3.63) is 65.2 Å². The third kappa shape index (κ3) is 7.62. The minimum atomic E-state index is -2.94. The molecule has 3 rings (SSSR count). The second-order valence-corrected chi connectivity index (χ2v) is 7.27. The van der Waals surface area contributed by atoms with Crippen LogP contribution in [0.5, 0.6) is 11.5 Å². The number of alkyl halides is 2. The van der Waals surface area contributed by atoms with E-state index in [1.807, 2.05) is 12.1 Å². The highest BCUT2D eigenvalue weighted by Gasteiger charge is 2.12. The number of hydrogen-bond acceptors (Lipinski definition) is 5. The van der Waals surface area contributed by atoms with E-state index in [1.165, 1.54) is 17.7 Å². The maximum atomic E-state index is 12.5. The summed E-state index contributed by atoms with van der Waals surface area (Å²) < 4.78 is 40.2. The lowest BCUT2D eigenvalue weighted by atomic mass is 10.1. The quantitative estimate of drug-likeness (QED) is 0.562. The van der Waals surface area contributed by atoms with Crippen molar-refractivity contribution < 1.29 is 27.8 Å². The van der Waals surface area contributed by atoms with Crippen molar-refractivity contribution in [2.75, 3.05) is 32.9 Å². The SMILES string of the molecule is CCOc1cc(/C=C/C(=O)NCc2ccc(CN3CCOCC3)cc2)ccc1OC(F)F.